The molecule has 0 unspecified atom stereocenters. The fraction of sp³-hybridized carbons (Fsp3) is 0. The van der Waals surface area contributed by atoms with Crippen LogP contribution in [0.15, 0.2) is 41.3 Å². The number of halogens is 2. The van der Waals surface area contributed by atoms with Crippen molar-refractivity contribution in [3.8, 4) is 11.1 Å². The summed E-state index contributed by atoms with van der Waals surface area (Å²) in [6.07, 6.45) is 0. The average molecular weight is 317 g/mol. The standard InChI is InChI=1S/C12H10Cl2N2O2S/c13-8-3-7(4-9(14)5-8)11-6-10(15)1-2-12(11)19(16,17)18/h1-6H,15H2,(H2,16,17,18). The van der Waals surface area contributed by atoms with E-state index in [1.54, 1.807) is 18.2 Å². The number of anilines is 1. The Morgan fingerprint density at radius 2 is 1.53 bits per heavy atom. The molecule has 0 aromatic heterocycles. The topological polar surface area (TPSA) is 86.2 Å². The van der Waals surface area contributed by atoms with Gasteiger partial charge in [0.15, 0.2) is 0 Å². The Morgan fingerprint density at radius 1 is 0.947 bits per heavy atom. The lowest BCUT2D eigenvalue weighted by molar-refractivity contribution is 0.598. The summed E-state index contributed by atoms with van der Waals surface area (Å²) in [5.41, 5.74) is 7.00. The molecule has 0 bridgehead atoms. The minimum atomic E-state index is -3.87. The van der Waals surface area contributed by atoms with Gasteiger partial charge < -0.3 is 5.73 Å². The molecule has 0 aliphatic rings. The van der Waals surface area contributed by atoms with E-state index in [-0.39, 0.29) is 4.90 Å². The van der Waals surface area contributed by atoms with Crippen molar-refractivity contribution in [1.29, 1.82) is 0 Å². The van der Waals surface area contributed by atoms with Crippen LogP contribution in [0.5, 0.6) is 0 Å². The third-order valence-corrected chi connectivity index (χ3v) is 3.89. The van der Waals surface area contributed by atoms with Crippen molar-refractivity contribution in [1.82, 2.24) is 0 Å². The second kappa shape index (κ2) is 5.02. The molecule has 0 atom stereocenters. The van der Waals surface area contributed by atoms with Gasteiger partial charge in [-0.15, -0.1) is 0 Å². The average Bonchev–Trinajstić information content (AvgIpc) is 2.25. The molecule has 0 heterocycles. The molecule has 4 N–H and O–H groups in total. The first-order valence-electron chi connectivity index (χ1n) is 5.16. The van der Waals surface area contributed by atoms with Crippen LogP contribution < -0.4 is 10.9 Å². The summed E-state index contributed by atoms with van der Waals surface area (Å²) in [4.78, 5) is -0.0277. The molecular weight excluding hydrogens is 307 g/mol. The number of hydrogen-bond donors (Lipinski definition) is 2. The first kappa shape index (κ1) is 14.1. The van der Waals surface area contributed by atoms with Crippen molar-refractivity contribution < 1.29 is 8.42 Å². The minimum absolute atomic E-state index is 0.0277. The summed E-state index contributed by atoms with van der Waals surface area (Å²) in [6.45, 7) is 0. The summed E-state index contributed by atoms with van der Waals surface area (Å²) in [5.74, 6) is 0. The highest BCUT2D eigenvalue weighted by molar-refractivity contribution is 7.89. The third-order valence-electron chi connectivity index (χ3n) is 2.48. The van der Waals surface area contributed by atoms with Crippen LogP contribution >= 0.6 is 23.2 Å². The maximum Gasteiger partial charge on any atom is 0.238 e. The van der Waals surface area contributed by atoms with E-state index in [1.807, 2.05) is 0 Å². The van der Waals surface area contributed by atoms with Gasteiger partial charge in [0, 0.05) is 21.3 Å². The molecule has 100 valence electrons. The van der Waals surface area contributed by atoms with E-state index in [4.69, 9.17) is 34.1 Å². The number of nitrogen functional groups attached to an aromatic ring is 1. The van der Waals surface area contributed by atoms with E-state index in [2.05, 4.69) is 0 Å². The summed E-state index contributed by atoms with van der Waals surface area (Å²) in [5, 5.41) is 5.97. The van der Waals surface area contributed by atoms with Crippen LogP contribution in [0.25, 0.3) is 11.1 Å². The smallest absolute Gasteiger partial charge is 0.238 e. The Kier molecular flexibility index (Phi) is 3.73. The van der Waals surface area contributed by atoms with Gasteiger partial charge in [-0.25, -0.2) is 13.6 Å². The number of nitrogens with two attached hydrogens (primary N) is 2. The van der Waals surface area contributed by atoms with E-state index < -0.39 is 10.0 Å². The molecular formula is C12H10Cl2N2O2S. The second-order valence-corrected chi connectivity index (χ2v) is 6.36. The zero-order valence-electron chi connectivity index (χ0n) is 9.60. The van der Waals surface area contributed by atoms with E-state index in [9.17, 15) is 8.42 Å². The quantitative estimate of drug-likeness (QED) is 0.835. The van der Waals surface area contributed by atoms with Gasteiger partial charge in [-0.3, -0.25) is 0 Å². The lowest BCUT2D eigenvalue weighted by Crippen LogP contribution is -2.13. The molecule has 7 heteroatoms. The molecule has 0 amide bonds. The normalized spacial score (nSPS) is 11.5. The monoisotopic (exact) mass is 316 g/mol. The predicted molar refractivity (Wildman–Crippen MR) is 77.7 cm³/mol. The lowest BCUT2D eigenvalue weighted by atomic mass is 10.1. The van der Waals surface area contributed by atoms with E-state index in [1.165, 1.54) is 18.2 Å². The van der Waals surface area contributed by atoms with Crippen molar-refractivity contribution >= 4 is 38.9 Å². The summed E-state index contributed by atoms with van der Waals surface area (Å²) in [6, 6.07) is 9.08. The number of hydrogen-bond acceptors (Lipinski definition) is 3. The van der Waals surface area contributed by atoms with Gasteiger partial charge >= 0.3 is 0 Å². The molecule has 0 saturated heterocycles. The Morgan fingerprint density at radius 3 is 2.05 bits per heavy atom. The van der Waals surface area contributed by atoms with Crippen LogP contribution in [0.1, 0.15) is 0 Å². The molecule has 0 saturated carbocycles. The van der Waals surface area contributed by atoms with Crippen molar-refractivity contribution in [3.63, 3.8) is 0 Å². The maximum atomic E-state index is 11.6. The van der Waals surface area contributed by atoms with Crippen LogP contribution in [0.4, 0.5) is 5.69 Å². The number of rotatable bonds is 2. The minimum Gasteiger partial charge on any atom is -0.399 e. The van der Waals surface area contributed by atoms with Gasteiger partial charge in [-0.2, -0.15) is 0 Å². The predicted octanol–water partition coefficient (Wildman–Crippen LogP) is 2.89. The highest BCUT2D eigenvalue weighted by atomic mass is 35.5. The summed E-state index contributed by atoms with van der Waals surface area (Å²) >= 11 is 11.8. The van der Waals surface area contributed by atoms with Crippen LogP contribution in [0, 0.1) is 0 Å². The third kappa shape index (κ3) is 3.19. The van der Waals surface area contributed by atoms with Crippen molar-refractivity contribution in [2.45, 2.75) is 4.90 Å². The van der Waals surface area contributed by atoms with Gasteiger partial charge in [-0.05, 0) is 42.0 Å². The maximum absolute atomic E-state index is 11.6. The van der Waals surface area contributed by atoms with E-state index >= 15 is 0 Å². The van der Waals surface area contributed by atoms with E-state index in [0.29, 0.717) is 26.9 Å². The summed E-state index contributed by atoms with van der Waals surface area (Å²) in [7, 11) is -3.87. The Bertz CT molecular complexity index is 725. The largest absolute Gasteiger partial charge is 0.399 e. The van der Waals surface area contributed by atoms with Gasteiger partial charge in [0.2, 0.25) is 10.0 Å². The molecule has 2 rings (SSSR count). The number of primary sulfonamides is 1. The highest BCUT2D eigenvalue weighted by Gasteiger charge is 2.16. The SMILES string of the molecule is Nc1ccc(S(N)(=O)=O)c(-c2cc(Cl)cc(Cl)c2)c1. The fourth-order valence-corrected chi connectivity index (χ4v) is 3.00. The number of sulfonamides is 1. The molecule has 0 aliphatic heterocycles. The first-order valence-corrected chi connectivity index (χ1v) is 7.46. The van der Waals surface area contributed by atoms with Gasteiger partial charge in [-0.1, -0.05) is 23.2 Å². The molecule has 4 nitrogen and oxygen atoms in total. The van der Waals surface area contributed by atoms with Crippen molar-refractivity contribution in [3.05, 3.63) is 46.4 Å². The molecule has 0 fully saturated rings. The molecule has 0 aliphatic carbocycles. The molecule has 2 aromatic rings. The van der Waals surface area contributed by atoms with Crippen molar-refractivity contribution in [2.24, 2.45) is 5.14 Å². The molecule has 0 radical (unpaired) electrons. The number of benzene rings is 2. The molecule has 19 heavy (non-hydrogen) atoms. The molecule has 2 aromatic carbocycles. The van der Waals surface area contributed by atoms with Crippen LogP contribution in [-0.4, -0.2) is 8.42 Å². The van der Waals surface area contributed by atoms with Crippen LogP contribution in [-0.2, 0) is 10.0 Å². The Labute approximate surface area is 121 Å². The van der Waals surface area contributed by atoms with Crippen LogP contribution in [0.2, 0.25) is 10.0 Å². The summed E-state index contributed by atoms with van der Waals surface area (Å²) < 4.78 is 23.2. The zero-order valence-corrected chi connectivity index (χ0v) is 11.9. The van der Waals surface area contributed by atoms with Crippen LogP contribution in [0.3, 0.4) is 0 Å². The Hall–Kier alpha value is -1.27. The zero-order chi connectivity index (χ0) is 14.2. The lowest BCUT2D eigenvalue weighted by Gasteiger charge is -2.10. The second-order valence-electron chi connectivity index (χ2n) is 3.96. The Balaban J connectivity index is 2.77. The fourth-order valence-electron chi connectivity index (χ4n) is 1.73. The van der Waals surface area contributed by atoms with Gasteiger partial charge in [0.25, 0.3) is 0 Å². The first-order chi connectivity index (χ1) is 8.77. The van der Waals surface area contributed by atoms with E-state index in [0.717, 1.165) is 0 Å². The molecule has 0 spiro atoms. The highest BCUT2D eigenvalue weighted by Crippen LogP contribution is 2.32. The van der Waals surface area contributed by atoms with Gasteiger partial charge in [0.05, 0.1) is 4.90 Å². The van der Waals surface area contributed by atoms with Crippen molar-refractivity contribution in [2.75, 3.05) is 5.73 Å². The van der Waals surface area contributed by atoms with Gasteiger partial charge in [0.1, 0.15) is 0 Å².